The zero-order valence-electron chi connectivity index (χ0n) is 8.18. The standard InChI is InChI=1S/C10H18ClNO/c1-8(7-11)12-10(13)9-5-3-2-4-6-9/h8-9H,2-7H2,1H3,(H,12,13). The molecule has 1 aliphatic carbocycles. The Kier molecular flexibility index (Phi) is 4.57. The maximum atomic E-state index is 11.6. The smallest absolute Gasteiger partial charge is 0.223 e. The quantitative estimate of drug-likeness (QED) is 0.701. The topological polar surface area (TPSA) is 29.1 Å². The summed E-state index contributed by atoms with van der Waals surface area (Å²) in [7, 11) is 0. The van der Waals surface area contributed by atoms with Gasteiger partial charge in [0.25, 0.3) is 0 Å². The molecular formula is C10H18ClNO. The maximum absolute atomic E-state index is 11.6. The molecule has 0 radical (unpaired) electrons. The molecule has 0 saturated heterocycles. The lowest BCUT2D eigenvalue weighted by Crippen LogP contribution is -2.38. The fourth-order valence-electron chi connectivity index (χ4n) is 1.76. The van der Waals surface area contributed by atoms with E-state index in [-0.39, 0.29) is 17.9 Å². The molecule has 0 heterocycles. The molecule has 13 heavy (non-hydrogen) atoms. The minimum atomic E-state index is 0.107. The van der Waals surface area contributed by atoms with Crippen LogP contribution in [0.1, 0.15) is 39.0 Å². The first-order valence-corrected chi connectivity index (χ1v) is 5.64. The highest BCUT2D eigenvalue weighted by Crippen LogP contribution is 2.23. The van der Waals surface area contributed by atoms with E-state index in [0.717, 1.165) is 12.8 Å². The molecule has 1 atom stereocenters. The van der Waals surface area contributed by atoms with Crippen molar-refractivity contribution in [3.63, 3.8) is 0 Å². The van der Waals surface area contributed by atoms with Gasteiger partial charge in [0, 0.05) is 17.8 Å². The second-order valence-electron chi connectivity index (χ2n) is 3.90. The summed E-state index contributed by atoms with van der Waals surface area (Å²) < 4.78 is 0. The summed E-state index contributed by atoms with van der Waals surface area (Å²) in [6, 6.07) is 0.107. The Morgan fingerprint density at radius 2 is 2.08 bits per heavy atom. The van der Waals surface area contributed by atoms with E-state index >= 15 is 0 Å². The number of carbonyl (C=O) groups excluding carboxylic acids is 1. The third kappa shape index (κ3) is 3.55. The van der Waals surface area contributed by atoms with Crippen molar-refractivity contribution in [2.45, 2.75) is 45.1 Å². The third-order valence-corrected chi connectivity index (χ3v) is 3.06. The Balaban J connectivity index is 2.29. The zero-order valence-corrected chi connectivity index (χ0v) is 8.94. The van der Waals surface area contributed by atoms with Gasteiger partial charge in [0.05, 0.1) is 0 Å². The van der Waals surface area contributed by atoms with Crippen LogP contribution in [0.4, 0.5) is 0 Å². The Morgan fingerprint density at radius 1 is 1.46 bits per heavy atom. The summed E-state index contributed by atoms with van der Waals surface area (Å²) in [5.41, 5.74) is 0. The number of carbonyl (C=O) groups is 1. The molecule has 0 bridgehead atoms. The zero-order chi connectivity index (χ0) is 9.68. The molecule has 0 aromatic heterocycles. The van der Waals surface area contributed by atoms with Gasteiger partial charge in [-0.2, -0.15) is 0 Å². The fourth-order valence-corrected chi connectivity index (χ4v) is 1.84. The number of hydrogen-bond acceptors (Lipinski definition) is 1. The molecule has 76 valence electrons. The number of nitrogens with one attached hydrogen (secondary N) is 1. The van der Waals surface area contributed by atoms with Crippen LogP contribution in [0.2, 0.25) is 0 Å². The predicted octanol–water partition coefficient (Wildman–Crippen LogP) is 2.31. The summed E-state index contributed by atoms with van der Waals surface area (Å²) in [6.07, 6.45) is 5.80. The van der Waals surface area contributed by atoms with Crippen LogP contribution >= 0.6 is 11.6 Å². The summed E-state index contributed by atoms with van der Waals surface area (Å²) in [5.74, 6) is 0.950. The lowest BCUT2D eigenvalue weighted by atomic mass is 9.88. The lowest BCUT2D eigenvalue weighted by molar-refractivity contribution is -0.126. The van der Waals surface area contributed by atoms with E-state index in [2.05, 4.69) is 5.32 Å². The van der Waals surface area contributed by atoms with E-state index in [4.69, 9.17) is 11.6 Å². The van der Waals surface area contributed by atoms with Crippen molar-refractivity contribution in [2.24, 2.45) is 5.92 Å². The molecule has 3 heteroatoms. The highest BCUT2D eigenvalue weighted by atomic mass is 35.5. The summed E-state index contributed by atoms with van der Waals surface area (Å²) in [6.45, 7) is 1.94. The number of halogens is 1. The summed E-state index contributed by atoms with van der Waals surface area (Å²) in [5, 5.41) is 2.93. The van der Waals surface area contributed by atoms with Gasteiger partial charge >= 0.3 is 0 Å². The van der Waals surface area contributed by atoms with Gasteiger partial charge in [-0.05, 0) is 19.8 Å². The van der Waals surface area contributed by atoms with Gasteiger partial charge in [0.15, 0.2) is 0 Å². The summed E-state index contributed by atoms with van der Waals surface area (Å²) >= 11 is 5.62. The van der Waals surface area contributed by atoms with Crippen molar-refractivity contribution < 1.29 is 4.79 Å². The molecule has 1 rings (SSSR count). The van der Waals surface area contributed by atoms with E-state index in [9.17, 15) is 4.79 Å². The highest BCUT2D eigenvalue weighted by Gasteiger charge is 2.21. The minimum absolute atomic E-state index is 0.107. The van der Waals surface area contributed by atoms with Gasteiger partial charge in [-0.25, -0.2) is 0 Å². The second kappa shape index (κ2) is 5.48. The predicted molar refractivity (Wildman–Crippen MR) is 54.9 cm³/mol. The molecule has 1 fully saturated rings. The monoisotopic (exact) mass is 203 g/mol. The molecule has 1 saturated carbocycles. The molecule has 1 N–H and O–H groups in total. The Bertz CT molecular complexity index is 166. The van der Waals surface area contributed by atoms with E-state index < -0.39 is 0 Å². The average Bonchev–Trinajstić information content (AvgIpc) is 2.19. The van der Waals surface area contributed by atoms with Crippen LogP contribution in [0, 0.1) is 5.92 Å². The molecule has 2 nitrogen and oxygen atoms in total. The number of amides is 1. The van der Waals surface area contributed by atoms with Crippen LogP contribution in [0.3, 0.4) is 0 Å². The SMILES string of the molecule is CC(CCl)NC(=O)C1CCCCC1. The Morgan fingerprint density at radius 3 is 2.62 bits per heavy atom. The number of hydrogen-bond donors (Lipinski definition) is 1. The normalized spacial score (nSPS) is 21.1. The van der Waals surface area contributed by atoms with Gasteiger partial charge in [0.1, 0.15) is 0 Å². The van der Waals surface area contributed by atoms with Crippen LogP contribution in [-0.4, -0.2) is 17.8 Å². The molecule has 1 amide bonds. The van der Waals surface area contributed by atoms with Gasteiger partial charge < -0.3 is 5.32 Å². The minimum Gasteiger partial charge on any atom is -0.352 e. The van der Waals surface area contributed by atoms with Crippen molar-refractivity contribution in [3.8, 4) is 0 Å². The van der Waals surface area contributed by atoms with E-state index in [1.54, 1.807) is 0 Å². The largest absolute Gasteiger partial charge is 0.352 e. The van der Waals surface area contributed by atoms with Crippen molar-refractivity contribution in [1.29, 1.82) is 0 Å². The number of rotatable bonds is 3. The molecule has 0 aromatic carbocycles. The number of alkyl halides is 1. The highest BCUT2D eigenvalue weighted by molar-refractivity contribution is 6.18. The maximum Gasteiger partial charge on any atom is 0.223 e. The van der Waals surface area contributed by atoms with Crippen LogP contribution in [0.25, 0.3) is 0 Å². The Hall–Kier alpha value is -0.240. The molecule has 1 unspecified atom stereocenters. The molecule has 0 spiro atoms. The van der Waals surface area contributed by atoms with Crippen molar-refractivity contribution in [1.82, 2.24) is 5.32 Å². The molecular weight excluding hydrogens is 186 g/mol. The van der Waals surface area contributed by atoms with Crippen molar-refractivity contribution in [3.05, 3.63) is 0 Å². The van der Waals surface area contributed by atoms with Gasteiger partial charge in [-0.3, -0.25) is 4.79 Å². The molecule has 0 aromatic rings. The van der Waals surface area contributed by atoms with Crippen LogP contribution in [-0.2, 0) is 4.79 Å². The van der Waals surface area contributed by atoms with E-state index in [1.807, 2.05) is 6.92 Å². The molecule has 1 aliphatic rings. The molecule has 0 aliphatic heterocycles. The van der Waals surface area contributed by atoms with Gasteiger partial charge in [-0.15, -0.1) is 11.6 Å². The first-order chi connectivity index (χ1) is 6.24. The van der Waals surface area contributed by atoms with E-state index in [0.29, 0.717) is 5.88 Å². The van der Waals surface area contributed by atoms with Crippen LogP contribution in [0.15, 0.2) is 0 Å². The van der Waals surface area contributed by atoms with Crippen molar-refractivity contribution >= 4 is 17.5 Å². The van der Waals surface area contributed by atoms with Crippen LogP contribution < -0.4 is 5.32 Å². The van der Waals surface area contributed by atoms with Crippen LogP contribution in [0.5, 0.6) is 0 Å². The van der Waals surface area contributed by atoms with Crippen molar-refractivity contribution in [2.75, 3.05) is 5.88 Å². The summed E-state index contributed by atoms with van der Waals surface area (Å²) in [4.78, 5) is 11.6. The third-order valence-electron chi connectivity index (χ3n) is 2.60. The van der Waals surface area contributed by atoms with E-state index in [1.165, 1.54) is 19.3 Å². The lowest BCUT2D eigenvalue weighted by Gasteiger charge is -2.22. The fraction of sp³-hybridized carbons (Fsp3) is 0.900. The second-order valence-corrected chi connectivity index (χ2v) is 4.21. The first-order valence-electron chi connectivity index (χ1n) is 5.10. The first kappa shape index (κ1) is 10.8. The van der Waals surface area contributed by atoms with Gasteiger partial charge in [-0.1, -0.05) is 19.3 Å². The Labute approximate surface area is 85.0 Å². The van der Waals surface area contributed by atoms with Gasteiger partial charge in [0.2, 0.25) is 5.91 Å². The average molecular weight is 204 g/mol.